The molecule has 7 aromatic carbocycles. The highest BCUT2D eigenvalue weighted by Crippen LogP contribution is 2.50. The molecular weight excluding hydrogens is 635 g/mol. The highest BCUT2D eigenvalue weighted by molar-refractivity contribution is 7.26. The molecule has 1 aliphatic carbocycles. The van der Waals surface area contributed by atoms with E-state index in [1.807, 2.05) is 11.3 Å². The third-order valence-electron chi connectivity index (χ3n) is 10.4. The van der Waals surface area contributed by atoms with E-state index in [9.17, 15) is 0 Å². The van der Waals surface area contributed by atoms with E-state index in [2.05, 4.69) is 144 Å². The number of thiophene rings is 2. The Morgan fingerprint density at radius 1 is 0.429 bits per heavy atom. The van der Waals surface area contributed by atoms with Crippen molar-refractivity contribution >= 4 is 95.7 Å². The molecule has 0 bridgehead atoms. The monoisotopic (exact) mass is 657 g/mol. The van der Waals surface area contributed by atoms with E-state index in [0.29, 0.717) is 5.95 Å². The first-order valence-corrected chi connectivity index (χ1v) is 18.1. The fourth-order valence-electron chi connectivity index (χ4n) is 8.36. The lowest BCUT2D eigenvalue weighted by Gasteiger charge is -2.13. The van der Waals surface area contributed by atoms with Gasteiger partial charge in [-0.05, 0) is 69.4 Å². The van der Waals surface area contributed by atoms with Gasteiger partial charge in [0.05, 0.1) is 16.7 Å². The van der Waals surface area contributed by atoms with E-state index in [1.54, 1.807) is 11.3 Å². The van der Waals surface area contributed by atoms with Crippen LogP contribution in [0, 0.1) is 0 Å². The second-order valence-electron chi connectivity index (χ2n) is 12.9. The summed E-state index contributed by atoms with van der Waals surface area (Å²) in [5.74, 6) is 0.700. The van der Waals surface area contributed by atoms with Gasteiger partial charge in [0.15, 0.2) is 0 Å². The molecule has 49 heavy (non-hydrogen) atoms. The van der Waals surface area contributed by atoms with Crippen LogP contribution in [0.3, 0.4) is 0 Å². The minimum Gasteiger partial charge on any atom is -0.278 e. The van der Waals surface area contributed by atoms with Crippen LogP contribution >= 0.6 is 22.7 Å². The molecule has 0 N–H and O–H groups in total. The summed E-state index contributed by atoms with van der Waals surface area (Å²) < 4.78 is 6.12. The Bertz CT molecular complexity index is 3140. The molecule has 4 heterocycles. The Morgan fingerprint density at radius 2 is 1.02 bits per heavy atom. The molecule has 3 nitrogen and oxygen atoms in total. The quantitative estimate of drug-likeness (QED) is 0.185. The van der Waals surface area contributed by atoms with Crippen LogP contribution in [0.5, 0.6) is 0 Å². The smallest absolute Gasteiger partial charge is 0.236 e. The summed E-state index contributed by atoms with van der Waals surface area (Å²) in [6.07, 6.45) is 0. The Balaban J connectivity index is 1.22. The molecule has 12 rings (SSSR count). The molecule has 0 saturated heterocycles. The van der Waals surface area contributed by atoms with Gasteiger partial charge >= 0.3 is 0 Å². The van der Waals surface area contributed by atoms with Gasteiger partial charge in [0.25, 0.3) is 0 Å². The maximum Gasteiger partial charge on any atom is 0.236 e. The van der Waals surface area contributed by atoms with Crippen molar-refractivity contribution in [2.45, 2.75) is 0 Å². The summed E-state index contributed by atoms with van der Waals surface area (Å²) in [5, 5.41) is 9.96. The van der Waals surface area contributed by atoms with Crippen LogP contribution in [0.25, 0.3) is 113 Å². The van der Waals surface area contributed by atoms with E-state index >= 15 is 0 Å². The van der Waals surface area contributed by atoms with Gasteiger partial charge in [0.2, 0.25) is 5.95 Å². The average molecular weight is 658 g/mol. The summed E-state index contributed by atoms with van der Waals surface area (Å²) in [6.45, 7) is 0. The van der Waals surface area contributed by atoms with E-state index in [4.69, 9.17) is 9.97 Å². The van der Waals surface area contributed by atoms with Gasteiger partial charge in [0, 0.05) is 52.0 Å². The van der Waals surface area contributed by atoms with Crippen LogP contribution in [-0.4, -0.2) is 14.5 Å². The van der Waals surface area contributed by atoms with Crippen LogP contribution in [0.2, 0.25) is 0 Å². The minimum atomic E-state index is 0.700. The lowest BCUT2D eigenvalue weighted by molar-refractivity contribution is 1.02. The first-order valence-electron chi connectivity index (χ1n) is 16.5. The summed E-state index contributed by atoms with van der Waals surface area (Å²) in [4.78, 5) is 12.0. The zero-order valence-electron chi connectivity index (χ0n) is 25.9. The molecule has 5 heteroatoms. The topological polar surface area (TPSA) is 30.7 Å². The Morgan fingerprint density at radius 3 is 1.73 bits per heavy atom. The zero-order valence-corrected chi connectivity index (χ0v) is 27.6. The van der Waals surface area contributed by atoms with Crippen molar-refractivity contribution in [3.05, 3.63) is 140 Å². The van der Waals surface area contributed by atoms with E-state index in [-0.39, 0.29) is 0 Å². The maximum atomic E-state index is 5.56. The Labute approximate surface area is 288 Å². The number of aromatic nitrogens is 3. The first-order chi connectivity index (χ1) is 24.3. The molecule has 0 fully saturated rings. The molecule has 0 spiro atoms. The fourth-order valence-corrected chi connectivity index (χ4v) is 10.5. The molecule has 1 aliphatic rings. The summed E-state index contributed by atoms with van der Waals surface area (Å²) >= 11 is 3.59. The number of rotatable bonds is 2. The van der Waals surface area contributed by atoms with Gasteiger partial charge in [-0.15, -0.1) is 22.7 Å². The third kappa shape index (κ3) is 3.40. The number of hydrogen-bond acceptors (Lipinski definition) is 4. The molecular formula is C44H23N3S2. The average Bonchev–Trinajstić information content (AvgIpc) is 3.80. The molecule has 0 aliphatic heterocycles. The van der Waals surface area contributed by atoms with Crippen LogP contribution in [-0.2, 0) is 0 Å². The van der Waals surface area contributed by atoms with Crippen molar-refractivity contribution in [2.24, 2.45) is 0 Å². The predicted molar refractivity (Wildman–Crippen MR) is 210 cm³/mol. The van der Waals surface area contributed by atoms with Crippen LogP contribution < -0.4 is 0 Å². The number of fused-ring (bicyclic) bond motifs is 8. The number of hydrogen-bond donors (Lipinski definition) is 0. The second kappa shape index (κ2) is 9.38. The Hall–Kier alpha value is -5.88. The van der Waals surface area contributed by atoms with Crippen molar-refractivity contribution in [3.63, 3.8) is 0 Å². The Kier molecular flexibility index (Phi) is 5.00. The van der Waals surface area contributed by atoms with Gasteiger partial charge in [-0.3, -0.25) is 4.57 Å². The lowest BCUT2D eigenvalue weighted by Crippen LogP contribution is -2.03. The predicted octanol–water partition coefficient (Wildman–Crippen LogP) is 12.8. The standard InChI is InChI=1S/C44H23N3S2/c1-3-19-35-26(11-1)32-23-25(21-22-37(32)48-35)42-41-31-12-2-4-20-36(31)49-43(41)46-44(45-42)47-33-17-7-15-29-27-13-5-9-24-10-6-14-28(38(24)27)30-16-8-18-34(47)40(30)39(29)33/h1-23H. The molecule has 0 unspecified atom stereocenters. The largest absolute Gasteiger partial charge is 0.278 e. The lowest BCUT2D eigenvalue weighted by atomic mass is 9.93. The van der Waals surface area contributed by atoms with E-state index in [0.717, 1.165) is 32.5 Å². The van der Waals surface area contributed by atoms with Crippen LogP contribution in [0.4, 0.5) is 0 Å². The van der Waals surface area contributed by atoms with Crippen LogP contribution in [0.15, 0.2) is 140 Å². The first kappa shape index (κ1) is 26.1. The van der Waals surface area contributed by atoms with E-state index in [1.165, 1.54) is 74.1 Å². The summed E-state index contributed by atoms with van der Waals surface area (Å²) in [6, 6.07) is 51.0. The number of benzene rings is 7. The molecule has 0 saturated carbocycles. The zero-order chi connectivity index (χ0) is 31.8. The highest BCUT2D eigenvalue weighted by atomic mass is 32.1. The van der Waals surface area contributed by atoms with Gasteiger partial charge in [-0.25, -0.2) is 9.97 Å². The molecule has 226 valence electrons. The van der Waals surface area contributed by atoms with Crippen LogP contribution in [0.1, 0.15) is 0 Å². The normalized spacial score (nSPS) is 12.5. The van der Waals surface area contributed by atoms with Crippen molar-refractivity contribution in [2.75, 3.05) is 0 Å². The van der Waals surface area contributed by atoms with Crippen molar-refractivity contribution in [1.82, 2.24) is 14.5 Å². The molecule has 0 amide bonds. The SMILES string of the molecule is c1cc2c3c(cccc3c1)-c1cccc3c1c1c-2cccc1n3-c1nc(-c2ccc3sc4ccccc4c3c2)c2c(n1)sc1ccccc12. The van der Waals surface area contributed by atoms with Gasteiger partial charge in [0.1, 0.15) is 4.83 Å². The fraction of sp³-hybridized carbons (Fsp3) is 0. The second-order valence-corrected chi connectivity index (χ2v) is 15.0. The van der Waals surface area contributed by atoms with Crippen molar-refractivity contribution in [1.29, 1.82) is 0 Å². The molecule has 4 aromatic heterocycles. The van der Waals surface area contributed by atoms with Gasteiger partial charge in [-0.2, -0.15) is 0 Å². The molecule has 11 aromatic rings. The maximum absolute atomic E-state index is 5.56. The highest BCUT2D eigenvalue weighted by Gasteiger charge is 2.26. The summed E-state index contributed by atoms with van der Waals surface area (Å²) in [7, 11) is 0. The van der Waals surface area contributed by atoms with Gasteiger partial charge in [-0.1, -0.05) is 103 Å². The molecule has 0 radical (unpaired) electrons. The third-order valence-corrected chi connectivity index (χ3v) is 12.6. The molecule has 0 atom stereocenters. The van der Waals surface area contributed by atoms with Crippen molar-refractivity contribution < 1.29 is 0 Å². The summed E-state index contributed by atoms with van der Waals surface area (Å²) in [5.41, 5.74) is 9.37. The van der Waals surface area contributed by atoms with Gasteiger partial charge < -0.3 is 0 Å². The van der Waals surface area contributed by atoms with Crippen molar-refractivity contribution in [3.8, 4) is 39.5 Å². The van der Waals surface area contributed by atoms with E-state index < -0.39 is 0 Å². The number of nitrogens with zero attached hydrogens (tertiary/aromatic N) is 3. The minimum absolute atomic E-state index is 0.700.